The van der Waals surface area contributed by atoms with Gasteiger partial charge < -0.3 is 0 Å². The van der Waals surface area contributed by atoms with Crippen LogP contribution >= 0.6 is 11.8 Å². The molecule has 2 aromatic heterocycles. The molecule has 0 N–H and O–H groups in total. The topological polar surface area (TPSA) is 60.7 Å². The summed E-state index contributed by atoms with van der Waals surface area (Å²) in [5.74, 6) is 1.15. The fraction of sp³-hybridized carbons (Fsp3) is 0.200. The first-order valence-corrected chi connectivity index (χ1v) is 9.26. The quantitative estimate of drug-likeness (QED) is 0.359. The Morgan fingerprint density at radius 3 is 2.65 bits per heavy atom. The Balaban J connectivity index is 1.80. The molecular formula is C20H20N4OS. The van der Waals surface area contributed by atoms with E-state index in [0.29, 0.717) is 17.5 Å². The number of carbonyl (C=O) groups excluding carboxylic acids is 1. The standard InChI is InChI=1S/C20H20N4OS/c1-4-11-24-19(16-7-9-21-10-8-16)22-23-20(24)26-13-18(25)17-6-5-14(2)12-15(17)3/h4-10,12H,1,11,13H2,2-3H3. The van der Waals surface area contributed by atoms with Crippen LogP contribution in [0.15, 0.2) is 60.5 Å². The number of aryl methyl sites for hydroxylation is 2. The van der Waals surface area contributed by atoms with Crippen molar-refractivity contribution >= 4 is 17.5 Å². The molecule has 1 aromatic carbocycles. The fourth-order valence-corrected chi connectivity index (χ4v) is 3.57. The van der Waals surface area contributed by atoms with E-state index < -0.39 is 0 Å². The van der Waals surface area contributed by atoms with Gasteiger partial charge in [0.15, 0.2) is 16.8 Å². The van der Waals surface area contributed by atoms with E-state index in [1.165, 1.54) is 11.8 Å². The average molecular weight is 364 g/mol. The summed E-state index contributed by atoms with van der Waals surface area (Å²) in [7, 11) is 0. The van der Waals surface area contributed by atoms with E-state index in [2.05, 4.69) is 21.8 Å². The monoisotopic (exact) mass is 364 g/mol. The summed E-state index contributed by atoms with van der Waals surface area (Å²) in [4.78, 5) is 16.6. The maximum Gasteiger partial charge on any atom is 0.192 e. The van der Waals surface area contributed by atoms with E-state index in [9.17, 15) is 4.79 Å². The molecule has 0 radical (unpaired) electrons. The number of carbonyl (C=O) groups is 1. The van der Waals surface area contributed by atoms with Gasteiger partial charge in [0.1, 0.15) is 0 Å². The van der Waals surface area contributed by atoms with Crippen LogP contribution in [-0.4, -0.2) is 31.3 Å². The van der Waals surface area contributed by atoms with E-state index in [4.69, 9.17) is 0 Å². The van der Waals surface area contributed by atoms with Crippen molar-refractivity contribution in [1.82, 2.24) is 19.7 Å². The smallest absolute Gasteiger partial charge is 0.192 e. The molecule has 0 aliphatic rings. The van der Waals surface area contributed by atoms with Crippen molar-refractivity contribution in [3.05, 3.63) is 72.1 Å². The molecule has 0 aliphatic heterocycles. The maximum absolute atomic E-state index is 12.6. The highest BCUT2D eigenvalue weighted by atomic mass is 32.2. The van der Waals surface area contributed by atoms with Crippen molar-refractivity contribution in [3.8, 4) is 11.4 Å². The van der Waals surface area contributed by atoms with Crippen LogP contribution in [0.4, 0.5) is 0 Å². The maximum atomic E-state index is 12.6. The van der Waals surface area contributed by atoms with Crippen LogP contribution in [0.5, 0.6) is 0 Å². The van der Waals surface area contributed by atoms with Crippen LogP contribution < -0.4 is 0 Å². The third kappa shape index (κ3) is 3.91. The van der Waals surface area contributed by atoms with Crippen LogP contribution in [0.2, 0.25) is 0 Å². The number of nitrogens with zero attached hydrogens (tertiary/aromatic N) is 4. The third-order valence-corrected chi connectivity index (χ3v) is 4.95. The van der Waals surface area contributed by atoms with Gasteiger partial charge in [-0.05, 0) is 31.5 Å². The molecule has 0 amide bonds. The summed E-state index contributed by atoms with van der Waals surface area (Å²) in [6, 6.07) is 9.66. The van der Waals surface area contributed by atoms with E-state index in [0.717, 1.165) is 28.1 Å². The minimum absolute atomic E-state index is 0.0890. The molecule has 0 unspecified atom stereocenters. The SMILES string of the molecule is C=CCn1c(SCC(=O)c2ccc(C)cc2C)nnc1-c1ccncc1. The number of pyridine rings is 1. The Morgan fingerprint density at radius 2 is 1.96 bits per heavy atom. The second-order valence-electron chi connectivity index (χ2n) is 5.97. The second-order valence-corrected chi connectivity index (χ2v) is 6.91. The lowest BCUT2D eigenvalue weighted by Crippen LogP contribution is -2.07. The van der Waals surface area contributed by atoms with Crippen molar-refractivity contribution < 1.29 is 4.79 Å². The lowest BCUT2D eigenvalue weighted by atomic mass is 10.0. The number of hydrogen-bond acceptors (Lipinski definition) is 5. The van der Waals surface area contributed by atoms with Crippen LogP contribution in [0.1, 0.15) is 21.5 Å². The van der Waals surface area contributed by atoms with Crippen molar-refractivity contribution in [2.24, 2.45) is 0 Å². The minimum Gasteiger partial charge on any atom is -0.298 e. The summed E-state index contributed by atoms with van der Waals surface area (Å²) in [5.41, 5.74) is 3.84. The predicted octanol–water partition coefficient (Wildman–Crippen LogP) is 4.12. The molecule has 6 heteroatoms. The Labute approximate surface area is 157 Å². The number of aromatic nitrogens is 4. The zero-order valence-electron chi connectivity index (χ0n) is 14.8. The Kier molecular flexibility index (Phi) is 5.63. The molecule has 26 heavy (non-hydrogen) atoms. The van der Waals surface area contributed by atoms with Crippen LogP contribution in [-0.2, 0) is 6.54 Å². The van der Waals surface area contributed by atoms with Crippen molar-refractivity contribution in [1.29, 1.82) is 0 Å². The first-order valence-electron chi connectivity index (χ1n) is 8.28. The molecule has 3 aromatic rings. The molecule has 0 saturated carbocycles. The molecule has 0 bridgehead atoms. The van der Waals surface area contributed by atoms with Gasteiger partial charge in [-0.3, -0.25) is 14.3 Å². The van der Waals surface area contributed by atoms with E-state index in [-0.39, 0.29) is 5.78 Å². The molecule has 5 nitrogen and oxygen atoms in total. The molecule has 0 fully saturated rings. The van der Waals surface area contributed by atoms with Gasteiger partial charge in [0.05, 0.1) is 5.75 Å². The normalized spacial score (nSPS) is 10.7. The number of hydrogen-bond donors (Lipinski definition) is 0. The number of rotatable bonds is 7. The van der Waals surface area contributed by atoms with Crippen LogP contribution in [0.3, 0.4) is 0 Å². The van der Waals surface area contributed by atoms with E-state index >= 15 is 0 Å². The molecule has 0 atom stereocenters. The lowest BCUT2D eigenvalue weighted by molar-refractivity contribution is 0.102. The number of ketones is 1. The fourth-order valence-electron chi connectivity index (χ4n) is 2.74. The first-order chi connectivity index (χ1) is 12.6. The minimum atomic E-state index is 0.0890. The van der Waals surface area contributed by atoms with Crippen molar-refractivity contribution in [2.75, 3.05) is 5.75 Å². The number of Topliss-reactive ketones (excluding diaryl/α,β-unsaturated/α-hetero) is 1. The van der Waals surface area contributed by atoms with Crippen LogP contribution in [0.25, 0.3) is 11.4 Å². The third-order valence-electron chi connectivity index (χ3n) is 3.98. The highest BCUT2D eigenvalue weighted by molar-refractivity contribution is 7.99. The Bertz CT molecular complexity index is 934. The van der Waals surface area contributed by atoms with Gasteiger partial charge >= 0.3 is 0 Å². The lowest BCUT2D eigenvalue weighted by Gasteiger charge is -2.08. The van der Waals surface area contributed by atoms with Gasteiger partial charge in [-0.1, -0.05) is 41.6 Å². The highest BCUT2D eigenvalue weighted by Gasteiger charge is 2.16. The second kappa shape index (κ2) is 8.10. The zero-order valence-corrected chi connectivity index (χ0v) is 15.7. The molecule has 0 saturated heterocycles. The van der Waals surface area contributed by atoms with Crippen molar-refractivity contribution in [3.63, 3.8) is 0 Å². The average Bonchev–Trinajstić information content (AvgIpc) is 3.03. The van der Waals surface area contributed by atoms with Gasteiger partial charge in [0.2, 0.25) is 0 Å². The van der Waals surface area contributed by atoms with Gasteiger partial charge in [0.25, 0.3) is 0 Å². The van der Waals surface area contributed by atoms with Gasteiger partial charge in [-0.25, -0.2) is 0 Å². The molecule has 132 valence electrons. The zero-order chi connectivity index (χ0) is 18.5. The largest absolute Gasteiger partial charge is 0.298 e. The summed E-state index contributed by atoms with van der Waals surface area (Å²) in [6.45, 7) is 8.37. The van der Waals surface area contributed by atoms with E-state index in [1.54, 1.807) is 18.5 Å². The van der Waals surface area contributed by atoms with E-state index in [1.807, 2.05) is 48.7 Å². The van der Waals surface area contributed by atoms with Gasteiger partial charge in [-0.2, -0.15) is 0 Å². The Morgan fingerprint density at radius 1 is 1.19 bits per heavy atom. The van der Waals surface area contributed by atoms with Gasteiger partial charge in [0, 0.05) is 30.1 Å². The predicted molar refractivity (Wildman–Crippen MR) is 104 cm³/mol. The Hall–Kier alpha value is -2.73. The summed E-state index contributed by atoms with van der Waals surface area (Å²) in [6.07, 6.45) is 5.24. The number of allylic oxidation sites excluding steroid dienone is 1. The van der Waals surface area contributed by atoms with Gasteiger partial charge in [-0.15, -0.1) is 16.8 Å². The summed E-state index contributed by atoms with van der Waals surface area (Å²) >= 11 is 1.39. The molecule has 3 rings (SSSR count). The molecule has 0 spiro atoms. The first kappa shape index (κ1) is 18.1. The molecule has 0 aliphatic carbocycles. The van der Waals surface area contributed by atoms with Crippen molar-refractivity contribution in [2.45, 2.75) is 25.5 Å². The number of thioether (sulfide) groups is 1. The highest BCUT2D eigenvalue weighted by Crippen LogP contribution is 2.25. The van der Waals surface area contributed by atoms with Crippen LogP contribution in [0, 0.1) is 13.8 Å². The molecule has 2 heterocycles. The molecular weight excluding hydrogens is 344 g/mol. The summed E-state index contributed by atoms with van der Waals surface area (Å²) < 4.78 is 1.96. The summed E-state index contributed by atoms with van der Waals surface area (Å²) in [5, 5.41) is 9.26. The number of benzene rings is 1.